The van der Waals surface area contributed by atoms with Gasteiger partial charge >= 0.3 is 0 Å². The topological polar surface area (TPSA) is 62.3 Å². The lowest BCUT2D eigenvalue weighted by Gasteiger charge is -2.35. The molecule has 0 unspecified atom stereocenters. The number of carbonyl (C=O) groups excluding carboxylic acids is 2. The van der Waals surface area contributed by atoms with E-state index in [4.69, 9.17) is 11.6 Å². The van der Waals surface area contributed by atoms with Crippen molar-refractivity contribution in [2.45, 2.75) is 26.3 Å². The van der Waals surface area contributed by atoms with Gasteiger partial charge in [0.2, 0.25) is 0 Å². The number of hydrazine groups is 1. The fourth-order valence-electron chi connectivity index (χ4n) is 2.06. The highest BCUT2D eigenvalue weighted by Gasteiger charge is 2.31. The molecule has 1 aromatic heterocycles. The van der Waals surface area contributed by atoms with E-state index in [2.05, 4.69) is 10.4 Å². The fraction of sp³-hybridized carbons (Fsp3) is 0.235. The van der Waals surface area contributed by atoms with Gasteiger partial charge in [0, 0.05) is 11.8 Å². The molecule has 25 heavy (non-hydrogen) atoms. The van der Waals surface area contributed by atoms with E-state index in [1.807, 2.05) is 0 Å². The van der Waals surface area contributed by atoms with Crippen LogP contribution in [0.4, 0.5) is 8.78 Å². The van der Waals surface area contributed by atoms with Crippen LogP contribution in [0.2, 0.25) is 5.15 Å². The summed E-state index contributed by atoms with van der Waals surface area (Å²) in [6, 6.07) is 5.82. The van der Waals surface area contributed by atoms with E-state index in [1.54, 1.807) is 20.8 Å². The largest absolute Gasteiger partial charge is 0.275 e. The third kappa shape index (κ3) is 4.30. The van der Waals surface area contributed by atoms with E-state index in [1.165, 1.54) is 18.3 Å². The zero-order valence-corrected chi connectivity index (χ0v) is 14.6. The van der Waals surface area contributed by atoms with Gasteiger partial charge in [-0.25, -0.2) is 18.8 Å². The molecule has 2 aromatic rings. The maximum absolute atomic E-state index is 13.8. The number of benzene rings is 1. The number of halogens is 3. The molecule has 8 heteroatoms. The normalized spacial score (nSPS) is 11.1. The molecule has 1 aromatic carbocycles. The van der Waals surface area contributed by atoms with Gasteiger partial charge in [0.1, 0.15) is 22.4 Å². The molecule has 0 aliphatic heterocycles. The second-order valence-corrected chi connectivity index (χ2v) is 6.60. The molecular weight excluding hydrogens is 352 g/mol. The third-order valence-corrected chi connectivity index (χ3v) is 3.46. The molecule has 0 spiro atoms. The highest BCUT2D eigenvalue weighted by Crippen LogP contribution is 2.18. The number of hydrogen-bond acceptors (Lipinski definition) is 3. The number of nitrogens with zero attached hydrogens (tertiary/aromatic N) is 2. The molecule has 132 valence electrons. The van der Waals surface area contributed by atoms with Crippen LogP contribution in [-0.4, -0.2) is 27.3 Å². The van der Waals surface area contributed by atoms with Crippen molar-refractivity contribution in [3.8, 4) is 0 Å². The highest BCUT2D eigenvalue weighted by molar-refractivity contribution is 6.29. The molecule has 0 atom stereocenters. The van der Waals surface area contributed by atoms with Crippen LogP contribution in [0.15, 0.2) is 36.5 Å². The van der Waals surface area contributed by atoms with Crippen molar-refractivity contribution < 1.29 is 18.4 Å². The molecule has 1 heterocycles. The van der Waals surface area contributed by atoms with Crippen molar-refractivity contribution in [1.29, 1.82) is 0 Å². The predicted octanol–water partition coefficient (Wildman–Crippen LogP) is 3.60. The van der Waals surface area contributed by atoms with Crippen LogP contribution in [0.3, 0.4) is 0 Å². The minimum Gasteiger partial charge on any atom is -0.267 e. The fourth-order valence-corrected chi connectivity index (χ4v) is 2.23. The molecule has 2 rings (SSSR count). The summed E-state index contributed by atoms with van der Waals surface area (Å²) < 4.78 is 27.6. The lowest BCUT2D eigenvalue weighted by Crippen LogP contribution is -2.56. The lowest BCUT2D eigenvalue weighted by atomic mass is 10.1. The van der Waals surface area contributed by atoms with Gasteiger partial charge in [-0.15, -0.1) is 0 Å². The molecule has 0 fully saturated rings. The van der Waals surface area contributed by atoms with Gasteiger partial charge in [-0.1, -0.05) is 17.7 Å². The average molecular weight is 368 g/mol. The molecule has 0 radical (unpaired) electrons. The van der Waals surface area contributed by atoms with Gasteiger partial charge in [-0.3, -0.25) is 15.0 Å². The minimum absolute atomic E-state index is 0.103. The van der Waals surface area contributed by atoms with Crippen LogP contribution in [-0.2, 0) is 0 Å². The molecular formula is C17H16ClF2N3O2. The molecule has 0 saturated heterocycles. The van der Waals surface area contributed by atoms with E-state index < -0.39 is 34.6 Å². The SMILES string of the molecule is CC(C)(C)N(NC(=O)c1c(F)cccc1F)C(=O)c1ccnc(Cl)c1. The van der Waals surface area contributed by atoms with Crippen LogP contribution in [0.25, 0.3) is 0 Å². The predicted molar refractivity (Wildman–Crippen MR) is 89.0 cm³/mol. The molecule has 0 aliphatic rings. The summed E-state index contributed by atoms with van der Waals surface area (Å²) in [6.07, 6.45) is 1.34. The lowest BCUT2D eigenvalue weighted by molar-refractivity contribution is 0.0355. The first kappa shape index (κ1) is 18.8. The van der Waals surface area contributed by atoms with Crippen LogP contribution in [0.5, 0.6) is 0 Å². The van der Waals surface area contributed by atoms with E-state index in [0.29, 0.717) is 0 Å². The van der Waals surface area contributed by atoms with E-state index in [9.17, 15) is 18.4 Å². The first-order valence-corrected chi connectivity index (χ1v) is 7.70. The molecule has 0 aliphatic carbocycles. The molecule has 1 N–H and O–H groups in total. The van der Waals surface area contributed by atoms with Crippen molar-refractivity contribution >= 4 is 23.4 Å². The number of carbonyl (C=O) groups is 2. The summed E-state index contributed by atoms with van der Waals surface area (Å²) in [5.74, 6) is -3.71. The zero-order valence-electron chi connectivity index (χ0n) is 13.8. The highest BCUT2D eigenvalue weighted by atomic mass is 35.5. The number of rotatable bonds is 2. The number of nitrogens with one attached hydrogen (secondary N) is 1. The summed E-state index contributed by atoms with van der Waals surface area (Å²) in [4.78, 5) is 28.8. The molecule has 0 bridgehead atoms. The Morgan fingerprint density at radius 1 is 1.16 bits per heavy atom. The van der Waals surface area contributed by atoms with E-state index >= 15 is 0 Å². The van der Waals surface area contributed by atoms with E-state index in [0.717, 1.165) is 23.2 Å². The number of amides is 2. The van der Waals surface area contributed by atoms with Crippen molar-refractivity contribution in [3.05, 3.63) is 64.4 Å². The van der Waals surface area contributed by atoms with E-state index in [-0.39, 0.29) is 10.7 Å². The Morgan fingerprint density at radius 2 is 1.76 bits per heavy atom. The van der Waals surface area contributed by atoms with Gasteiger partial charge in [0.15, 0.2) is 0 Å². The van der Waals surface area contributed by atoms with Gasteiger partial charge in [0.05, 0.1) is 5.54 Å². The molecule has 5 nitrogen and oxygen atoms in total. The average Bonchev–Trinajstić information content (AvgIpc) is 2.50. The Morgan fingerprint density at radius 3 is 2.28 bits per heavy atom. The van der Waals surface area contributed by atoms with Crippen LogP contribution < -0.4 is 5.43 Å². The smallest absolute Gasteiger partial charge is 0.267 e. The second-order valence-electron chi connectivity index (χ2n) is 6.22. The van der Waals surface area contributed by atoms with Gasteiger partial charge in [0.25, 0.3) is 11.8 Å². The summed E-state index contributed by atoms with van der Waals surface area (Å²) >= 11 is 5.78. The van der Waals surface area contributed by atoms with Crippen molar-refractivity contribution in [2.75, 3.05) is 0 Å². The Balaban J connectivity index is 2.36. The quantitative estimate of drug-likeness (QED) is 0.651. The summed E-state index contributed by atoms with van der Waals surface area (Å²) in [5, 5.41) is 1.10. The standard InChI is InChI=1S/C17H16ClF2N3O2/c1-17(2,3)23(16(25)10-7-8-21-13(18)9-10)22-15(24)14-11(19)5-4-6-12(14)20/h4-9H,1-3H3,(H,22,24). The van der Waals surface area contributed by atoms with Crippen LogP contribution in [0, 0.1) is 11.6 Å². The van der Waals surface area contributed by atoms with Crippen molar-refractivity contribution in [2.24, 2.45) is 0 Å². The maximum atomic E-state index is 13.8. The summed E-state index contributed by atoms with van der Waals surface area (Å²) in [5.41, 5.74) is 0.807. The Hall–Kier alpha value is -2.54. The van der Waals surface area contributed by atoms with Gasteiger partial charge < -0.3 is 0 Å². The summed E-state index contributed by atoms with van der Waals surface area (Å²) in [7, 11) is 0. The Labute approximate surface area is 148 Å². The number of aromatic nitrogens is 1. The second kappa shape index (κ2) is 7.14. The number of pyridine rings is 1. The van der Waals surface area contributed by atoms with Gasteiger partial charge in [-0.05, 0) is 45.0 Å². The molecule has 0 saturated carbocycles. The molecule has 2 amide bonds. The first-order valence-electron chi connectivity index (χ1n) is 7.32. The Bertz CT molecular complexity index is 802. The van der Waals surface area contributed by atoms with Gasteiger partial charge in [-0.2, -0.15) is 0 Å². The van der Waals surface area contributed by atoms with Crippen LogP contribution >= 0.6 is 11.6 Å². The number of hydrogen-bond donors (Lipinski definition) is 1. The van der Waals surface area contributed by atoms with Crippen LogP contribution in [0.1, 0.15) is 41.5 Å². The monoisotopic (exact) mass is 367 g/mol. The van der Waals surface area contributed by atoms with Crippen molar-refractivity contribution in [1.82, 2.24) is 15.4 Å². The maximum Gasteiger partial charge on any atom is 0.275 e. The third-order valence-electron chi connectivity index (χ3n) is 3.25. The summed E-state index contributed by atoms with van der Waals surface area (Å²) in [6.45, 7) is 4.98. The first-order chi connectivity index (χ1) is 11.6. The minimum atomic E-state index is -1.07. The Kier molecular flexibility index (Phi) is 5.37. The zero-order chi connectivity index (χ0) is 18.8. The van der Waals surface area contributed by atoms with Crippen molar-refractivity contribution in [3.63, 3.8) is 0 Å².